The van der Waals surface area contributed by atoms with Crippen LogP contribution in [0.5, 0.6) is 5.75 Å². The van der Waals surface area contributed by atoms with Crippen LogP contribution < -0.4 is 5.73 Å². The smallest absolute Gasteiger partial charge is 0.255 e. The Hall–Kier alpha value is -3.78. The predicted molar refractivity (Wildman–Crippen MR) is 151 cm³/mol. The molecule has 3 aliphatic rings. The van der Waals surface area contributed by atoms with Crippen LogP contribution in [-0.4, -0.2) is 148 Å². The second-order valence-corrected chi connectivity index (χ2v) is 11.1. The molecule has 0 heterocycles. The van der Waals surface area contributed by atoms with Gasteiger partial charge in [-0.2, -0.15) is 0 Å². The number of nitrogens with zero attached hydrogens (tertiary/aromatic N) is 1. The molecule has 0 saturated carbocycles. The molecule has 0 bridgehead atoms. The number of aliphatic hydroxyl groups excluding tert-OH is 8. The topological polar surface area (TPSA) is 331 Å². The van der Waals surface area contributed by atoms with E-state index in [2.05, 4.69) is 0 Å². The first-order valence-electron chi connectivity index (χ1n) is 13.3. The Labute approximate surface area is 255 Å². The van der Waals surface area contributed by atoms with E-state index in [1.165, 1.54) is 25.1 Å². The average Bonchev–Trinajstić information content (AvgIpc) is 2.97. The normalized spacial score (nSPS) is 30.1. The van der Waals surface area contributed by atoms with E-state index in [0.29, 0.717) is 5.56 Å². The molecule has 17 nitrogen and oxygen atoms in total. The lowest BCUT2D eigenvalue weighted by Gasteiger charge is -2.53. The van der Waals surface area contributed by atoms with Crippen molar-refractivity contribution >= 4 is 23.8 Å². The molecular formula is C28H38N2O15. The molecule has 1 aromatic carbocycles. The largest absolute Gasteiger partial charge is 0.510 e. The number of aldehydes is 1. The lowest BCUT2D eigenvalue weighted by atomic mass is 9.55. The number of carbonyl (C=O) groups is 4. The molecular weight excluding hydrogens is 604 g/mol. The number of nitrogens with two attached hydrogens (primary N) is 1. The minimum atomic E-state index is -2.89. The van der Waals surface area contributed by atoms with Crippen LogP contribution in [0, 0.1) is 11.8 Å². The van der Waals surface area contributed by atoms with Crippen molar-refractivity contribution in [1.29, 1.82) is 0 Å². The second kappa shape index (κ2) is 13.7. The third-order valence-corrected chi connectivity index (χ3v) is 8.42. The predicted octanol–water partition coefficient (Wildman–Crippen LogP) is -4.55. The van der Waals surface area contributed by atoms with Gasteiger partial charge in [0.25, 0.3) is 5.91 Å². The number of aromatic hydroxyl groups is 1. The number of likely N-dealkylation sites (N-methyl/N-ethyl adjacent to an activating group) is 1. The van der Waals surface area contributed by atoms with E-state index in [1.807, 2.05) is 0 Å². The van der Waals surface area contributed by atoms with Gasteiger partial charge in [0.2, 0.25) is 5.78 Å². The first-order valence-corrected chi connectivity index (χ1v) is 13.3. The van der Waals surface area contributed by atoms with E-state index >= 15 is 0 Å². The molecule has 0 spiro atoms. The highest BCUT2D eigenvalue weighted by molar-refractivity contribution is 6.25. The SMILES string of the molecule is C[C@H]1c2cccc(O)c2C(=O)C2=C(O)[C@]3(O)C(=O)C(C(N)=O)=C(O)[C@@H](N(C)C)[C@@H]3[C@@H](O)[C@@H]21.O.O=C[C@H](O)[C@@H](O)[C@H](O)[C@H](O)CO. The summed E-state index contributed by atoms with van der Waals surface area (Å²) in [6.07, 6.45) is -8.43. The van der Waals surface area contributed by atoms with Gasteiger partial charge in [-0.3, -0.25) is 19.3 Å². The van der Waals surface area contributed by atoms with Gasteiger partial charge >= 0.3 is 0 Å². The number of ketones is 2. The number of fused-ring (bicyclic) bond motifs is 3. The maximum absolute atomic E-state index is 13.3. The van der Waals surface area contributed by atoms with Crippen LogP contribution in [-0.2, 0) is 14.4 Å². The van der Waals surface area contributed by atoms with Crippen molar-refractivity contribution in [3.8, 4) is 5.75 Å². The van der Waals surface area contributed by atoms with Gasteiger partial charge in [0, 0.05) is 11.5 Å². The van der Waals surface area contributed by atoms with E-state index in [-0.39, 0.29) is 23.1 Å². The minimum Gasteiger partial charge on any atom is -0.510 e. The van der Waals surface area contributed by atoms with Crippen LogP contribution in [0.15, 0.2) is 40.9 Å². The van der Waals surface area contributed by atoms with E-state index in [9.17, 15) is 44.7 Å². The van der Waals surface area contributed by atoms with E-state index in [4.69, 9.17) is 31.3 Å². The van der Waals surface area contributed by atoms with Gasteiger partial charge in [0.05, 0.1) is 30.2 Å². The van der Waals surface area contributed by atoms with Gasteiger partial charge in [-0.05, 0) is 31.6 Å². The van der Waals surface area contributed by atoms with Gasteiger partial charge in [-0.1, -0.05) is 19.1 Å². The maximum atomic E-state index is 13.3. The minimum absolute atomic E-state index is 0. The molecule has 0 unspecified atom stereocenters. The number of rotatable bonds is 7. The number of hydrogen-bond donors (Lipinski definition) is 11. The summed E-state index contributed by atoms with van der Waals surface area (Å²) in [4.78, 5) is 49.7. The molecule has 0 fully saturated rings. The average molecular weight is 643 g/mol. The number of aliphatic hydroxyl groups is 9. The zero-order chi connectivity index (χ0) is 33.6. The van der Waals surface area contributed by atoms with Crippen LogP contribution in [0.4, 0.5) is 0 Å². The third kappa shape index (κ3) is 5.85. The van der Waals surface area contributed by atoms with E-state index in [1.54, 1.807) is 19.1 Å². The standard InChI is InChI=1S/C22H24N2O8.C6H12O6.H2O/c1-7-8-5-4-6-9(25)11(8)16(26)12-10(7)17(27)14-15(24(2)3)18(28)13(21(23)31)20(30)22(14,32)19(12)29;7-1-3(9)5(11)6(12)4(10)2-8;/h4-7,10,14-15,17,25,27-29,32H,1-3H3,(H2,23,31);1,3-6,8-12H,2H2;1H2/t7-,10+,14+,15-,17-,22-;3-,4+,5+,6+;/m00./s1. The second-order valence-electron chi connectivity index (χ2n) is 11.1. The molecule has 45 heavy (non-hydrogen) atoms. The fourth-order valence-electron chi connectivity index (χ4n) is 6.20. The Bertz CT molecular complexity index is 1410. The lowest BCUT2D eigenvalue weighted by Crippen LogP contribution is -2.68. The number of Topliss-reactive ketones (excluding diaryl/α,β-unsaturated/α-hetero) is 2. The first kappa shape index (κ1) is 37.4. The van der Waals surface area contributed by atoms with Crippen molar-refractivity contribution in [2.45, 2.75) is 55.0 Å². The van der Waals surface area contributed by atoms with E-state index in [0.717, 1.165) is 0 Å². The zero-order valence-corrected chi connectivity index (χ0v) is 24.3. The van der Waals surface area contributed by atoms with Crippen LogP contribution in [0.2, 0.25) is 0 Å². The molecule has 0 aromatic heterocycles. The summed E-state index contributed by atoms with van der Waals surface area (Å²) < 4.78 is 0. The van der Waals surface area contributed by atoms with Crippen molar-refractivity contribution in [3.05, 3.63) is 52.0 Å². The Morgan fingerprint density at radius 3 is 2.16 bits per heavy atom. The number of phenols is 1. The molecule has 1 aromatic rings. The number of amides is 1. The fraction of sp³-hybridized carbons (Fsp3) is 0.500. The Kier molecular flexibility index (Phi) is 11.4. The summed E-state index contributed by atoms with van der Waals surface area (Å²) in [5.41, 5.74) is 1.36. The molecule has 3 aliphatic carbocycles. The van der Waals surface area contributed by atoms with Crippen LogP contribution >= 0.6 is 0 Å². The van der Waals surface area contributed by atoms with Gasteiger partial charge in [0.1, 0.15) is 47.3 Å². The molecule has 10 atom stereocenters. The highest BCUT2D eigenvalue weighted by atomic mass is 16.4. The Morgan fingerprint density at radius 1 is 1.09 bits per heavy atom. The van der Waals surface area contributed by atoms with Gasteiger partial charge in [-0.15, -0.1) is 0 Å². The quantitative estimate of drug-likeness (QED) is 0.0985. The highest BCUT2D eigenvalue weighted by Crippen LogP contribution is 2.55. The number of benzene rings is 1. The summed E-state index contributed by atoms with van der Waals surface area (Å²) >= 11 is 0. The molecule has 14 N–H and O–H groups in total. The Morgan fingerprint density at radius 2 is 1.67 bits per heavy atom. The number of carbonyl (C=O) groups excluding carboxylic acids is 4. The summed E-state index contributed by atoms with van der Waals surface area (Å²) in [6.45, 7) is 0.917. The fourth-order valence-corrected chi connectivity index (χ4v) is 6.20. The van der Waals surface area contributed by atoms with Crippen molar-refractivity contribution in [1.82, 2.24) is 4.90 Å². The molecule has 250 valence electrons. The lowest BCUT2D eigenvalue weighted by molar-refractivity contribution is -0.162. The van der Waals surface area contributed by atoms with Crippen molar-refractivity contribution < 1.29 is 75.7 Å². The molecule has 4 rings (SSSR count). The summed E-state index contributed by atoms with van der Waals surface area (Å²) in [5.74, 6) is -8.86. The molecule has 0 saturated heterocycles. The highest BCUT2D eigenvalue weighted by Gasteiger charge is 2.67. The Balaban J connectivity index is 0.000000464. The number of hydrogen-bond acceptors (Lipinski definition) is 15. The summed E-state index contributed by atoms with van der Waals surface area (Å²) in [5, 5.41) is 98.6. The monoisotopic (exact) mass is 642 g/mol. The molecule has 0 radical (unpaired) electrons. The van der Waals surface area contributed by atoms with Crippen molar-refractivity contribution in [2.24, 2.45) is 17.6 Å². The maximum Gasteiger partial charge on any atom is 0.255 e. The number of phenolic OH excluding ortho intramolecular Hbond substituents is 1. The van der Waals surface area contributed by atoms with Crippen molar-refractivity contribution in [2.75, 3.05) is 20.7 Å². The van der Waals surface area contributed by atoms with Gasteiger partial charge in [0.15, 0.2) is 17.7 Å². The molecule has 1 amide bonds. The van der Waals surface area contributed by atoms with E-state index < -0.39 is 107 Å². The third-order valence-electron chi connectivity index (χ3n) is 8.42. The number of primary amides is 1. The zero-order valence-electron chi connectivity index (χ0n) is 24.3. The van der Waals surface area contributed by atoms with Crippen LogP contribution in [0.1, 0.15) is 28.8 Å². The van der Waals surface area contributed by atoms with Crippen LogP contribution in [0.3, 0.4) is 0 Å². The van der Waals surface area contributed by atoms with Crippen molar-refractivity contribution in [3.63, 3.8) is 0 Å². The van der Waals surface area contributed by atoms with Crippen LogP contribution in [0.25, 0.3) is 0 Å². The van der Waals surface area contributed by atoms with Gasteiger partial charge < -0.3 is 67.1 Å². The summed E-state index contributed by atoms with van der Waals surface area (Å²) in [7, 11) is 2.98. The summed E-state index contributed by atoms with van der Waals surface area (Å²) in [6, 6.07) is 3.17. The first-order chi connectivity index (χ1) is 20.4. The van der Waals surface area contributed by atoms with Gasteiger partial charge in [-0.25, -0.2) is 0 Å². The molecule has 17 heteroatoms. The molecule has 0 aliphatic heterocycles.